The summed E-state index contributed by atoms with van der Waals surface area (Å²) in [6.45, 7) is 2.25. The molecule has 138 valence electrons. The maximum atomic E-state index is 11.5. The lowest BCUT2D eigenvalue weighted by atomic mass is 9.67. The molecular weight excluding hydrogens is 332 g/mol. The molecule has 1 N–H and O–H groups in total. The van der Waals surface area contributed by atoms with Gasteiger partial charge in [-0.3, -0.25) is 4.90 Å². The molecule has 2 fully saturated rings. The lowest BCUT2D eigenvalue weighted by Gasteiger charge is -2.41. The van der Waals surface area contributed by atoms with Gasteiger partial charge in [0.25, 0.3) is 0 Å². The summed E-state index contributed by atoms with van der Waals surface area (Å²) in [6, 6.07) is 10.0. The largest absolute Gasteiger partial charge is 0.464 e. The van der Waals surface area contributed by atoms with E-state index < -0.39 is 11.6 Å². The lowest BCUT2D eigenvalue weighted by molar-refractivity contribution is -0.0649. The van der Waals surface area contributed by atoms with Gasteiger partial charge >= 0.3 is 5.97 Å². The summed E-state index contributed by atoms with van der Waals surface area (Å²) in [6.07, 6.45) is 4.31. The number of likely N-dealkylation sites (tertiary alicyclic amines) is 1. The highest BCUT2D eigenvalue weighted by Gasteiger charge is 2.49. The van der Waals surface area contributed by atoms with E-state index in [9.17, 15) is 9.90 Å². The fourth-order valence-electron chi connectivity index (χ4n) is 4.60. The van der Waals surface area contributed by atoms with Crippen LogP contribution in [0.3, 0.4) is 0 Å². The molecule has 0 unspecified atom stereocenters. The third kappa shape index (κ3) is 3.04. The van der Waals surface area contributed by atoms with Crippen molar-refractivity contribution in [3.63, 3.8) is 0 Å². The molecule has 1 aromatic heterocycles. The highest BCUT2D eigenvalue weighted by atomic mass is 16.5. The number of hydrogen-bond acceptors (Lipinski definition) is 6. The van der Waals surface area contributed by atoms with Crippen molar-refractivity contribution in [2.75, 3.05) is 20.2 Å². The molecule has 1 saturated heterocycles. The lowest BCUT2D eigenvalue weighted by Crippen LogP contribution is -2.42. The van der Waals surface area contributed by atoms with E-state index in [2.05, 4.69) is 14.6 Å². The van der Waals surface area contributed by atoms with Crippen LogP contribution in [-0.2, 0) is 16.9 Å². The van der Waals surface area contributed by atoms with Gasteiger partial charge in [0, 0.05) is 19.0 Å². The third-order valence-electron chi connectivity index (χ3n) is 5.84. The molecule has 1 aliphatic carbocycles. The molecule has 0 radical (unpaired) electrons. The predicted octanol–water partition coefficient (Wildman–Crippen LogP) is 2.58. The number of aliphatic hydroxyl groups is 1. The standard InChI is InChI=1S/C20H24N2O4/c1-25-19(23)17-13-26-18(21-17)12-22-10-14-6-5-9-20(24,16(14)11-22)15-7-3-2-4-8-15/h2-4,7-8,13-14,16,24H,5-6,9-12H2,1H3/t14-,16+,20+/m0/s1. The van der Waals surface area contributed by atoms with Gasteiger partial charge in [0.05, 0.1) is 19.3 Å². The van der Waals surface area contributed by atoms with Crippen LogP contribution in [0.15, 0.2) is 41.0 Å². The second-order valence-electron chi connectivity index (χ2n) is 7.36. The van der Waals surface area contributed by atoms with Crippen molar-refractivity contribution in [2.45, 2.75) is 31.4 Å². The van der Waals surface area contributed by atoms with E-state index in [1.165, 1.54) is 13.4 Å². The van der Waals surface area contributed by atoms with Crippen molar-refractivity contribution in [3.8, 4) is 0 Å². The van der Waals surface area contributed by atoms with Crippen molar-refractivity contribution >= 4 is 5.97 Å². The smallest absolute Gasteiger partial charge is 0.360 e. The first-order valence-electron chi connectivity index (χ1n) is 9.13. The SMILES string of the molecule is COC(=O)c1coc(CN2C[C@@H]3CCC[C@@](O)(c4ccccc4)[C@@H]3C2)n1. The van der Waals surface area contributed by atoms with Gasteiger partial charge in [-0.2, -0.15) is 0 Å². The van der Waals surface area contributed by atoms with Gasteiger partial charge in [0.1, 0.15) is 6.26 Å². The van der Waals surface area contributed by atoms with Crippen LogP contribution in [0.2, 0.25) is 0 Å². The average Bonchev–Trinajstić information content (AvgIpc) is 3.30. The number of aromatic nitrogens is 1. The van der Waals surface area contributed by atoms with E-state index in [4.69, 9.17) is 4.42 Å². The van der Waals surface area contributed by atoms with Crippen molar-refractivity contribution in [2.24, 2.45) is 11.8 Å². The Balaban J connectivity index is 1.49. The summed E-state index contributed by atoms with van der Waals surface area (Å²) in [7, 11) is 1.33. The van der Waals surface area contributed by atoms with Gasteiger partial charge in [-0.15, -0.1) is 0 Å². The quantitative estimate of drug-likeness (QED) is 0.849. The number of oxazole rings is 1. The zero-order valence-corrected chi connectivity index (χ0v) is 14.9. The summed E-state index contributed by atoms with van der Waals surface area (Å²) in [4.78, 5) is 18.0. The van der Waals surface area contributed by atoms with E-state index in [-0.39, 0.29) is 11.6 Å². The Morgan fingerprint density at radius 2 is 2.19 bits per heavy atom. The zero-order chi connectivity index (χ0) is 18.1. The minimum atomic E-state index is -0.771. The van der Waals surface area contributed by atoms with Gasteiger partial charge in [0.2, 0.25) is 5.89 Å². The Kier molecular flexibility index (Phi) is 4.54. The number of esters is 1. The molecule has 26 heavy (non-hydrogen) atoms. The van der Waals surface area contributed by atoms with Gasteiger partial charge < -0.3 is 14.3 Å². The first kappa shape index (κ1) is 17.2. The molecule has 1 aromatic carbocycles. The number of ether oxygens (including phenoxy) is 1. The van der Waals surface area contributed by atoms with Crippen LogP contribution in [-0.4, -0.2) is 41.2 Å². The maximum Gasteiger partial charge on any atom is 0.360 e. The Bertz CT molecular complexity index is 775. The molecular formula is C20H24N2O4. The number of carbonyl (C=O) groups is 1. The average molecular weight is 356 g/mol. The molecule has 0 spiro atoms. The summed E-state index contributed by atoms with van der Waals surface area (Å²) in [5.74, 6) is 0.679. The fraction of sp³-hybridized carbons (Fsp3) is 0.500. The topological polar surface area (TPSA) is 75.8 Å². The van der Waals surface area contributed by atoms with Crippen LogP contribution in [0.5, 0.6) is 0 Å². The van der Waals surface area contributed by atoms with Gasteiger partial charge in [0.15, 0.2) is 5.69 Å². The molecule has 4 rings (SSSR count). The van der Waals surface area contributed by atoms with E-state index in [1.807, 2.05) is 30.3 Å². The monoisotopic (exact) mass is 356 g/mol. The Morgan fingerprint density at radius 3 is 2.96 bits per heavy atom. The van der Waals surface area contributed by atoms with Crippen molar-refractivity contribution in [1.82, 2.24) is 9.88 Å². The zero-order valence-electron chi connectivity index (χ0n) is 14.9. The Labute approximate surface area is 152 Å². The summed E-state index contributed by atoms with van der Waals surface area (Å²) >= 11 is 0. The fourth-order valence-corrected chi connectivity index (χ4v) is 4.60. The highest BCUT2D eigenvalue weighted by Crippen LogP contribution is 2.48. The third-order valence-corrected chi connectivity index (χ3v) is 5.84. The van der Waals surface area contributed by atoms with Gasteiger partial charge in [-0.05, 0) is 30.7 Å². The van der Waals surface area contributed by atoms with Crippen LogP contribution in [0.25, 0.3) is 0 Å². The highest BCUT2D eigenvalue weighted by molar-refractivity contribution is 5.86. The molecule has 0 amide bonds. The number of carbonyl (C=O) groups excluding carboxylic acids is 1. The minimum Gasteiger partial charge on any atom is -0.464 e. The first-order chi connectivity index (χ1) is 12.6. The number of benzene rings is 1. The van der Waals surface area contributed by atoms with Crippen molar-refractivity contribution in [3.05, 3.63) is 53.7 Å². The summed E-state index contributed by atoms with van der Waals surface area (Å²) in [5, 5.41) is 11.5. The number of fused-ring (bicyclic) bond motifs is 1. The normalized spacial score (nSPS) is 28.7. The Hall–Kier alpha value is -2.18. The molecule has 0 bridgehead atoms. The van der Waals surface area contributed by atoms with Crippen molar-refractivity contribution in [1.29, 1.82) is 0 Å². The molecule has 2 aliphatic rings. The van der Waals surface area contributed by atoms with Crippen LogP contribution in [0.4, 0.5) is 0 Å². The van der Waals surface area contributed by atoms with Crippen LogP contribution in [0, 0.1) is 11.8 Å². The minimum absolute atomic E-state index is 0.194. The molecule has 6 heteroatoms. The van der Waals surface area contributed by atoms with Crippen molar-refractivity contribution < 1.29 is 19.1 Å². The van der Waals surface area contributed by atoms with Crippen LogP contribution in [0.1, 0.15) is 41.2 Å². The van der Waals surface area contributed by atoms with E-state index >= 15 is 0 Å². The number of rotatable bonds is 4. The summed E-state index contributed by atoms with van der Waals surface area (Å²) < 4.78 is 10.1. The number of nitrogens with zero attached hydrogens (tertiary/aromatic N) is 2. The summed E-state index contributed by atoms with van der Waals surface area (Å²) in [5.41, 5.74) is 0.438. The van der Waals surface area contributed by atoms with Crippen LogP contribution < -0.4 is 0 Å². The first-order valence-corrected chi connectivity index (χ1v) is 9.13. The second kappa shape index (κ2) is 6.85. The molecule has 2 heterocycles. The molecule has 1 saturated carbocycles. The predicted molar refractivity (Wildman–Crippen MR) is 94.3 cm³/mol. The molecule has 3 atom stereocenters. The second-order valence-corrected chi connectivity index (χ2v) is 7.36. The van der Waals surface area contributed by atoms with E-state index in [0.29, 0.717) is 18.4 Å². The number of hydrogen-bond donors (Lipinski definition) is 1. The number of methoxy groups -OCH3 is 1. The van der Waals surface area contributed by atoms with Gasteiger partial charge in [-0.1, -0.05) is 30.3 Å². The van der Waals surface area contributed by atoms with Gasteiger partial charge in [-0.25, -0.2) is 9.78 Å². The van der Waals surface area contributed by atoms with E-state index in [1.54, 1.807) is 0 Å². The van der Waals surface area contributed by atoms with E-state index in [0.717, 1.165) is 37.9 Å². The van der Waals surface area contributed by atoms with Crippen LogP contribution >= 0.6 is 0 Å². The maximum absolute atomic E-state index is 11.5. The molecule has 2 aromatic rings. The molecule has 6 nitrogen and oxygen atoms in total. The Morgan fingerprint density at radius 1 is 1.38 bits per heavy atom. The molecule has 1 aliphatic heterocycles.